The molecule has 0 aliphatic heterocycles. The standard InChI is InChI=1S/C15H15F3O2/c1-3-7-14(15(16,17)18)8-6-10-9-11(20-2)4-5-12(10)13(14)19/h3-5,9H,1,6-8H2,2H3. The lowest BCUT2D eigenvalue weighted by atomic mass is 9.68. The first-order valence-electron chi connectivity index (χ1n) is 6.25. The molecule has 2 nitrogen and oxygen atoms in total. The normalized spacial score (nSPS) is 22.3. The van der Waals surface area contributed by atoms with E-state index in [0.717, 1.165) is 0 Å². The first kappa shape index (κ1) is 14.6. The molecule has 0 amide bonds. The maximum absolute atomic E-state index is 13.4. The van der Waals surface area contributed by atoms with Crippen LogP contribution in [-0.2, 0) is 6.42 Å². The minimum Gasteiger partial charge on any atom is -0.497 e. The molecule has 1 aliphatic carbocycles. The highest BCUT2D eigenvalue weighted by Crippen LogP contribution is 2.50. The zero-order chi connectivity index (χ0) is 15.0. The molecule has 1 unspecified atom stereocenters. The van der Waals surface area contributed by atoms with Crippen molar-refractivity contribution in [1.82, 2.24) is 0 Å². The monoisotopic (exact) mass is 284 g/mol. The van der Waals surface area contributed by atoms with Gasteiger partial charge in [-0.15, -0.1) is 6.58 Å². The number of carbonyl (C=O) groups excluding carboxylic acids is 1. The van der Waals surface area contributed by atoms with Gasteiger partial charge >= 0.3 is 6.18 Å². The number of ketones is 1. The molecular weight excluding hydrogens is 269 g/mol. The van der Waals surface area contributed by atoms with E-state index in [9.17, 15) is 18.0 Å². The summed E-state index contributed by atoms with van der Waals surface area (Å²) in [6.07, 6.45) is -3.84. The average Bonchev–Trinajstić information content (AvgIpc) is 2.40. The van der Waals surface area contributed by atoms with Gasteiger partial charge in [-0.1, -0.05) is 6.08 Å². The number of aryl methyl sites for hydroxylation is 1. The van der Waals surface area contributed by atoms with Crippen LogP contribution < -0.4 is 4.74 Å². The van der Waals surface area contributed by atoms with Gasteiger partial charge < -0.3 is 4.74 Å². The molecular formula is C15H15F3O2. The lowest BCUT2D eigenvalue weighted by Crippen LogP contribution is -2.47. The molecule has 0 spiro atoms. The van der Waals surface area contributed by atoms with Crippen LogP contribution in [0.3, 0.4) is 0 Å². The van der Waals surface area contributed by atoms with Gasteiger partial charge in [0.05, 0.1) is 7.11 Å². The van der Waals surface area contributed by atoms with Gasteiger partial charge in [0.15, 0.2) is 5.78 Å². The Balaban J connectivity index is 2.51. The zero-order valence-corrected chi connectivity index (χ0v) is 11.1. The quantitative estimate of drug-likeness (QED) is 0.786. The van der Waals surface area contributed by atoms with Crippen LogP contribution in [0.2, 0.25) is 0 Å². The number of hydrogen-bond acceptors (Lipinski definition) is 2. The number of ether oxygens (including phenoxy) is 1. The van der Waals surface area contributed by atoms with Crippen LogP contribution in [0.15, 0.2) is 30.9 Å². The molecule has 0 aromatic heterocycles. The molecule has 0 radical (unpaired) electrons. The van der Waals surface area contributed by atoms with Gasteiger partial charge in [-0.05, 0) is 43.0 Å². The molecule has 1 aliphatic rings. The van der Waals surface area contributed by atoms with E-state index in [1.165, 1.54) is 25.3 Å². The Morgan fingerprint density at radius 2 is 2.15 bits per heavy atom. The van der Waals surface area contributed by atoms with Crippen LogP contribution >= 0.6 is 0 Å². The molecule has 1 aromatic carbocycles. The van der Waals surface area contributed by atoms with Crippen LogP contribution in [0, 0.1) is 5.41 Å². The van der Waals surface area contributed by atoms with Gasteiger partial charge in [-0.25, -0.2) is 0 Å². The van der Waals surface area contributed by atoms with Gasteiger partial charge in [0.1, 0.15) is 11.2 Å². The largest absolute Gasteiger partial charge is 0.497 e. The Bertz CT molecular complexity index is 549. The van der Waals surface area contributed by atoms with Crippen molar-refractivity contribution in [3.63, 3.8) is 0 Å². The zero-order valence-electron chi connectivity index (χ0n) is 11.1. The lowest BCUT2D eigenvalue weighted by molar-refractivity contribution is -0.206. The number of alkyl halides is 3. The summed E-state index contributed by atoms with van der Waals surface area (Å²) in [5.74, 6) is -0.325. The summed E-state index contributed by atoms with van der Waals surface area (Å²) in [6.45, 7) is 3.36. The molecule has 0 saturated carbocycles. The molecule has 0 bridgehead atoms. The summed E-state index contributed by atoms with van der Waals surface area (Å²) in [5.41, 5.74) is -1.59. The number of hydrogen-bond donors (Lipinski definition) is 0. The number of benzene rings is 1. The minimum atomic E-state index is -4.57. The molecule has 5 heteroatoms. The Morgan fingerprint density at radius 1 is 1.45 bits per heavy atom. The van der Waals surface area contributed by atoms with E-state index in [-0.39, 0.29) is 24.8 Å². The molecule has 0 saturated heterocycles. The third-order valence-corrected chi connectivity index (χ3v) is 3.85. The minimum absolute atomic E-state index is 0.135. The predicted octanol–water partition coefficient (Wildman–Crippen LogP) is 3.95. The molecule has 20 heavy (non-hydrogen) atoms. The number of methoxy groups -OCH3 is 1. The van der Waals surface area contributed by atoms with Crippen LogP contribution in [0.5, 0.6) is 5.75 Å². The Kier molecular flexibility index (Phi) is 3.63. The second-order valence-corrected chi connectivity index (χ2v) is 4.92. The van der Waals surface area contributed by atoms with Crippen molar-refractivity contribution in [2.45, 2.75) is 25.4 Å². The van der Waals surface area contributed by atoms with Crippen molar-refractivity contribution in [3.05, 3.63) is 42.0 Å². The van der Waals surface area contributed by atoms with Gasteiger partial charge in [0.2, 0.25) is 0 Å². The summed E-state index contributed by atoms with van der Waals surface area (Å²) >= 11 is 0. The fourth-order valence-corrected chi connectivity index (χ4v) is 2.67. The first-order chi connectivity index (χ1) is 9.35. The highest BCUT2D eigenvalue weighted by molar-refractivity contribution is 6.03. The van der Waals surface area contributed by atoms with Gasteiger partial charge in [0.25, 0.3) is 0 Å². The second kappa shape index (κ2) is 4.96. The van der Waals surface area contributed by atoms with Crippen molar-refractivity contribution in [1.29, 1.82) is 0 Å². The highest BCUT2D eigenvalue weighted by atomic mass is 19.4. The Hall–Kier alpha value is -1.78. The van der Waals surface area contributed by atoms with E-state index in [2.05, 4.69) is 6.58 Å². The first-order valence-corrected chi connectivity index (χ1v) is 6.25. The second-order valence-electron chi connectivity index (χ2n) is 4.92. The number of fused-ring (bicyclic) bond motifs is 1. The molecule has 1 atom stereocenters. The van der Waals surface area contributed by atoms with Gasteiger partial charge in [0, 0.05) is 5.56 Å². The summed E-state index contributed by atoms with van der Waals surface area (Å²) in [6, 6.07) is 4.55. The van der Waals surface area contributed by atoms with Crippen LogP contribution in [0.25, 0.3) is 0 Å². The van der Waals surface area contributed by atoms with E-state index < -0.39 is 17.4 Å². The summed E-state index contributed by atoms with van der Waals surface area (Å²) in [5, 5.41) is 0. The molecule has 0 N–H and O–H groups in total. The molecule has 0 fully saturated rings. The summed E-state index contributed by atoms with van der Waals surface area (Å²) < 4.78 is 45.2. The van der Waals surface area contributed by atoms with Crippen molar-refractivity contribution in [2.75, 3.05) is 7.11 Å². The van der Waals surface area contributed by atoms with Crippen molar-refractivity contribution < 1.29 is 22.7 Å². The summed E-state index contributed by atoms with van der Waals surface area (Å²) in [4.78, 5) is 12.4. The van der Waals surface area contributed by atoms with Crippen molar-refractivity contribution in [2.24, 2.45) is 5.41 Å². The van der Waals surface area contributed by atoms with E-state index >= 15 is 0 Å². The molecule has 2 rings (SSSR count). The molecule has 0 heterocycles. The Morgan fingerprint density at radius 3 is 2.70 bits per heavy atom. The van der Waals surface area contributed by atoms with Crippen molar-refractivity contribution >= 4 is 5.78 Å². The summed E-state index contributed by atoms with van der Waals surface area (Å²) in [7, 11) is 1.48. The van der Waals surface area contributed by atoms with Crippen LogP contribution in [-0.4, -0.2) is 19.1 Å². The molecule has 1 aromatic rings. The van der Waals surface area contributed by atoms with Gasteiger partial charge in [-0.3, -0.25) is 4.79 Å². The van der Waals surface area contributed by atoms with Gasteiger partial charge in [-0.2, -0.15) is 13.2 Å². The van der Waals surface area contributed by atoms with Crippen LogP contribution in [0.1, 0.15) is 28.8 Å². The van der Waals surface area contributed by atoms with Crippen molar-refractivity contribution in [3.8, 4) is 5.75 Å². The van der Waals surface area contributed by atoms with E-state index in [1.807, 2.05) is 0 Å². The van der Waals surface area contributed by atoms with E-state index in [4.69, 9.17) is 4.74 Å². The maximum Gasteiger partial charge on any atom is 0.401 e. The van der Waals surface area contributed by atoms with Crippen LogP contribution in [0.4, 0.5) is 13.2 Å². The SMILES string of the molecule is C=CCC1(C(F)(F)F)CCc2cc(OC)ccc2C1=O. The lowest BCUT2D eigenvalue weighted by Gasteiger charge is -2.37. The number of halogens is 3. The third-order valence-electron chi connectivity index (χ3n) is 3.85. The smallest absolute Gasteiger partial charge is 0.401 e. The topological polar surface area (TPSA) is 26.3 Å². The Labute approximate surface area is 115 Å². The third kappa shape index (κ3) is 2.11. The molecule has 108 valence electrons. The highest BCUT2D eigenvalue weighted by Gasteiger charge is 2.60. The fraction of sp³-hybridized carbons (Fsp3) is 0.400. The predicted molar refractivity (Wildman–Crippen MR) is 68.9 cm³/mol. The van der Waals surface area contributed by atoms with E-state index in [0.29, 0.717) is 11.3 Å². The number of Topliss-reactive ketones (excluding diaryl/α,β-unsaturated/α-hetero) is 1. The number of carbonyl (C=O) groups is 1. The number of allylic oxidation sites excluding steroid dienone is 1. The fourth-order valence-electron chi connectivity index (χ4n) is 2.67. The number of rotatable bonds is 3. The maximum atomic E-state index is 13.4. The average molecular weight is 284 g/mol. The van der Waals surface area contributed by atoms with E-state index in [1.54, 1.807) is 6.07 Å².